The number of guanidine groups is 1. The quantitative estimate of drug-likeness (QED) is 0.324. The Morgan fingerprint density at radius 2 is 1.91 bits per heavy atom. The van der Waals surface area contributed by atoms with E-state index in [-0.39, 0.29) is 30.1 Å². The molecule has 3 aliphatic heterocycles. The molecule has 3 fully saturated rings. The highest BCUT2D eigenvalue weighted by Crippen LogP contribution is 2.25. The highest BCUT2D eigenvalue weighted by atomic mass is 127. The highest BCUT2D eigenvalue weighted by molar-refractivity contribution is 14.0. The van der Waals surface area contributed by atoms with Crippen LogP contribution in [0.15, 0.2) is 53.7 Å². The number of nitrogens with one attached hydrogen (secondary N) is 1. The normalized spacial score (nSPS) is 23.0. The van der Waals surface area contributed by atoms with Crippen molar-refractivity contribution >= 4 is 35.8 Å². The maximum absolute atomic E-state index is 6.18. The molecule has 2 atom stereocenters. The SMILES string of the molecule is CCNC(=NCc1ccnc(N2CCCC2)c1)N1CC2OCCN(Cc3ccccc3)C2C1.I. The van der Waals surface area contributed by atoms with Crippen LogP contribution in [0.5, 0.6) is 0 Å². The standard InChI is InChI=1S/C26H36N6O.HI/c1-2-27-26(29-17-22-10-11-28-25(16-22)30-12-6-7-13-30)32-19-23-24(20-32)33-15-14-31(23)18-21-8-4-3-5-9-21;/h3-5,8-11,16,23-24H,2,6-7,12-15,17-20H2,1H3,(H,27,29);1H. The van der Waals surface area contributed by atoms with Gasteiger partial charge in [-0.25, -0.2) is 9.98 Å². The van der Waals surface area contributed by atoms with Crippen LogP contribution in [0.2, 0.25) is 0 Å². The predicted molar refractivity (Wildman–Crippen MR) is 148 cm³/mol. The van der Waals surface area contributed by atoms with Crippen molar-refractivity contribution in [1.29, 1.82) is 0 Å². The Morgan fingerprint density at radius 1 is 1.09 bits per heavy atom. The van der Waals surface area contributed by atoms with Crippen molar-refractivity contribution in [3.05, 3.63) is 59.8 Å². The van der Waals surface area contributed by atoms with Gasteiger partial charge in [-0.15, -0.1) is 24.0 Å². The molecule has 1 N–H and O–H groups in total. The molecular weight excluding hydrogens is 539 g/mol. The molecule has 3 saturated heterocycles. The van der Waals surface area contributed by atoms with Gasteiger partial charge in [-0.2, -0.15) is 0 Å². The summed E-state index contributed by atoms with van der Waals surface area (Å²) in [5.41, 5.74) is 2.57. The van der Waals surface area contributed by atoms with E-state index in [2.05, 4.69) is 74.4 Å². The van der Waals surface area contributed by atoms with E-state index in [4.69, 9.17) is 9.73 Å². The predicted octanol–water partition coefficient (Wildman–Crippen LogP) is 3.35. The van der Waals surface area contributed by atoms with Crippen LogP contribution in [0.1, 0.15) is 30.9 Å². The van der Waals surface area contributed by atoms with Crippen LogP contribution < -0.4 is 10.2 Å². The summed E-state index contributed by atoms with van der Waals surface area (Å²) in [6, 6.07) is 15.4. The van der Waals surface area contributed by atoms with Crippen molar-refractivity contribution < 1.29 is 4.74 Å². The minimum Gasteiger partial charge on any atom is -0.373 e. The van der Waals surface area contributed by atoms with E-state index in [0.717, 1.165) is 64.2 Å². The number of aliphatic imine (C=N–C) groups is 1. The van der Waals surface area contributed by atoms with E-state index in [1.54, 1.807) is 0 Å². The molecule has 2 unspecified atom stereocenters. The molecule has 0 bridgehead atoms. The summed E-state index contributed by atoms with van der Waals surface area (Å²) in [5.74, 6) is 2.07. The zero-order valence-electron chi connectivity index (χ0n) is 20.1. The number of anilines is 1. The molecule has 5 rings (SSSR count). The van der Waals surface area contributed by atoms with E-state index < -0.39 is 0 Å². The summed E-state index contributed by atoms with van der Waals surface area (Å²) in [7, 11) is 0. The van der Waals surface area contributed by atoms with Gasteiger partial charge < -0.3 is 19.9 Å². The van der Waals surface area contributed by atoms with Gasteiger partial charge in [0.15, 0.2) is 5.96 Å². The van der Waals surface area contributed by atoms with Crippen molar-refractivity contribution in [3.8, 4) is 0 Å². The number of benzene rings is 1. The molecule has 2 aromatic rings. The van der Waals surface area contributed by atoms with Crippen LogP contribution in [0.3, 0.4) is 0 Å². The number of rotatable bonds is 6. The second kappa shape index (κ2) is 12.2. The maximum Gasteiger partial charge on any atom is 0.194 e. The number of fused-ring (bicyclic) bond motifs is 1. The fraction of sp³-hybridized carbons (Fsp3) is 0.538. The largest absolute Gasteiger partial charge is 0.373 e. The number of morpholine rings is 1. The van der Waals surface area contributed by atoms with Crippen molar-refractivity contribution in [2.45, 2.75) is 45.0 Å². The minimum atomic E-state index is 0. The highest BCUT2D eigenvalue weighted by Gasteiger charge is 2.41. The van der Waals surface area contributed by atoms with E-state index in [1.807, 2.05) is 6.20 Å². The first kappa shape index (κ1) is 25.2. The van der Waals surface area contributed by atoms with Gasteiger partial charge >= 0.3 is 0 Å². The molecule has 7 nitrogen and oxygen atoms in total. The lowest BCUT2D eigenvalue weighted by atomic mass is 10.1. The average Bonchev–Trinajstić information content (AvgIpc) is 3.54. The number of halogens is 1. The molecule has 3 aliphatic rings. The maximum atomic E-state index is 6.18. The number of hydrogen-bond donors (Lipinski definition) is 1. The molecule has 0 aliphatic carbocycles. The zero-order valence-corrected chi connectivity index (χ0v) is 22.4. The molecule has 1 aromatic carbocycles. The fourth-order valence-electron chi connectivity index (χ4n) is 5.22. The first-order valence-corrected chi connectivity index (χ1v) is 12.4. The van der Waals surface area contributed by atoms with E-state index in [9.17, 15) is 0 Å². The van der Waals surface area contributed by atoms with Crippen LogP contribution in [-0.2, 0) is 17.8 Å². The Bertz CT molecular complexity index is 936. The van der Waals surface area contributed by atoms with Crippen molar-refractivity contribution in [3.63, 3.8) is 0 Å². The van der Waals surface area contributed by atoms with Crippen LogP contribution in [0.25, 0.3) is 0 Å². The first-order chi connectivity index (χ1) is 16.3. The number of aromatic nitrogens is 1. The van der Waals surface area contributed by atoms with Crippen molar-refractivity contribution in [2.24, 2.45) is 4.99 Å². The number of nitrogens with zero attached hydrogens (tertiary/aromatic N) is 5. The average molecular weight is 577 g/mol. The molecular formula is C26H37IN6O. The Morgan fingerprint density at radius 3 is 2.71 bits per heavy atom. The lowest BCUT2D eigenvalue weighted by Crippen LogP contribution is -2.50. The van der Waals surface area contributed by atoms with E-state index >= 15 is 0 Å². The number of ether oxygens (including phenoxy) is 1. The van der Waals surface area contributed by atoms with Crippen molar-refractivity contribution in [1.82, 2.24) is 20.1 Å². The van der Waals surface area contributed by atoms with E-state index in [1.165, 1.54) is 24.0 Å². The molecule has 0 spiro atoms. The molecule has 34 heavy (non-hydrogen) atoms. The Balaban J connectivity index is 0.00000274. The third kappa shape index (κ3) is 6.01. The minimum absolute atomic E-state index is 0. The van der Waals surface area contributed by atoms with Gasteiger partial charge in [-0.3, -0.25) is 4.90 Å². The lowest BCUT2D eigenvalue weighted by molar-refractivity contribution is -0.0502. The van der Waals surface area contributed by atoms with Gasteiger partial charge in [0.25, 0.3) is 0 Å². The molecule has 184 valence electrons. The molecule has 0 radical (unpaired) electrons. The van der Waals surface area contributed by atoms with Gasteiger partial charge in [0.1, 0.15) is 5.82 Å². The third-order valence-corrected chi connectivity index (χ3v) is 6.93. The number of hydrogen-bond acceptors (Lipinski definition) is 5. The summed E-state index contributed by atoms with van der Waals surface area (Å²) in [5, 5.41) is 3.51. The molecule has 0 saturated carbocycles. The van der Waals surface area contributed by atoms with E-state index in [0.29, 0.717) is 12.6 Å². The van der Waals surface area contributed by atoms with Gasteiger partial charge in [0, 0.05) is 52.0 Å². The lowest BCUT2D eigenvalue weighted by Gasteiger charge is -2.36. The number of pyridine rings is 1. The third-order valence-electron chi connectivity index (χ3n) is 6.93. The zero-order chi connectivity index (χ0) is 22.5. The van der Waals surface area contributed by atoms with Gasteiger partial charge in [-0.05, 0) is 43.0 Å². The van der Waals surface area contributed by atoms with Crippen LogP contribution in [-0.4, -0.2) is 78.8 Å². The topological polar surface area (TPSA) is 56.2 Å². The van der Waals surface area contributed by atoms with Crippen LogP contribution in [0, 0.1) is 0 Å². The van der Waals surface area contributed by atoms with Crippen molar-refractivity contribution in [2.75, 3.05) is 50.8 Å². The second-order valence-electron chi connectivity index (χ2n) is 9.22. The van der Waals surface area contributed by atoms with Crippen LogP contribution in [0.4, 0.5) is 5.82 Å². The monoisotopic (exact) mass is 576 g/mol. The van der Waals surface area contributed by atoms with Gasteiger partial charge in [0.2, 0.25) is 0 Å². The summed E-state index contributed by atoms with van der Waals surface area (Å²) < 4.78 is 6.18. The van der Waals surface area contributed by atoms with Crippen LogP contribution >= 0.6 is 24.0 Å². The van der Waals surface area contributed by atoms with Gasteiger partial charge in [0.05, 0.1) is 25.3 Å². The molecule has 0 amide bonds. The fourth-order valence-corrected chi connectivity index (χ4v) is 5.22. The summed E-state index contributed by atoms with van der Waals surface area (Å²) in [4.78, 5) is 16.9. The Kier molecular flexibility index (Phi) is 9.02. The smallest absolute Gasteiger partial charge is 0.194 e. The van der Waals surface area contributed by atoms with Gasteiger partial charge in [-0.1, -0.05) is 30.3 Å². The summed E-state index contributed by atoms with van der Waals surface area (Å²) in [6.45, 7) is 10.4. The second-order valence-corrected chi connectivity index (χ2v) is 9.22. The Hall–Kier alpha value is -1.91. The summed E-state index contributed by atoms with van der Waals surface area (Å²) in [6.07, 6.45) is 4.67. The molecule has 1 aromatic heterocycles. The molecule has 8 heteroatoms. The first-order valence-electron chi connectivity index (χ1n) is 12.4. The molecule has 4 heterocycles. The number of likely N-dealkylation sites (tertiary alicyclic amines) is 1. The summed E-state index contributed by atoms with van der Waals surface area (Å²) >= 11 is 0. The Labute approximate surface area is 220 Å².